The topological polar surface area (TPSA) is 69.6 Å². The number of anilines is 1. The van der Waals surface area contributed by atoms with Crippen LogP contribution in [-0.2, 0) is 7.05 Å². The fraction of sp³-hybridized carbons (Fsp3) is 0.154. The summed E-state index contributed by atoms with van der Waals surface area (Å²) < 4.78 is 1.83. The van der Waals surface area contributed by atoms with Crippen LogP contribution in [0.4, 0.5) is 5.82 Å². The van der Waals surface area contributed by atoms with E-state index in [-0.39, 0.29) is 0 Å². The molecule has 0 saturated carbocycles. The lowest BCUT2D eigenvalue weighted by Gasteiger charge is -2.04. The molecule has 0 atom stereocenters. The number of nitrogens with two attached hydrogens (primary N) is 1. The van der Waals surface area contributed by atoms with E-state index in [1.807, 2.05) is 43.0 Å². The van der Waals surface area contributed by atoms with Crippen LogP contribution in [0.15, 0.2) is 30.6 Å². The summed E-state index contributed by atoms with van der Waals surface area (Å²) in [7, 11) is 1.91. The van der Waals surface area contributed by atoms with Crippen molar-refractivity contribution in [2.24, 2.45) is 7.05 Å². The van der Waals surface area contributed by atoms with Crippen LogP contribution in [0.25, 0.3) is 22.2 Å². The average molecular weight is 239 g/mol. The Hall–Kier alpha value is -2.43. The monoisotopic (exact) mass is 239 g/mol. The summed E-state index contributed by atoms with van der Waals surface area (Å²) in [5, 5.41) is 5.22. The molecule has 0 aliphatic rings. The third kappa shape index (κ3) is 1.52. The Morgan fingerprint density at radius 3 is 2.78 bits per heavy atom. The van der Waals surface area contributed by atoms with Crippen LogP contribution in [-0.4, -0.2) is 19.7 Å². The Kier molecular flexibility index (Phi) is 2.26. The van der Waals surface area contributed by atoms with Crippen molar-refractivity contribution in [3.8, 4) is 11.3 Å². The molecule has 0 spiro atoms. The Bertz CT molecular complexity index is 729. The number of hydrogen-bond donors (Lipinski definition) is 1. The van der Waals surface area contributed by atoms with Crippen molar-refractivity contribution >= 4 is 16.7 Å². The lowest BCUT2D eigenvalue weighted by atomic mass is 10.1. The van der Waals surface area contributed by atoms with Crippen LogP contribution < -0.4 is 5.73 Å². The molecule has 0 fully saturated rings. The van der Waals surface area contributed by atoms with Gasteiger partial charge < -0.3 is 5.73 Å². The smallest absolute Gasteiger partial charge is 0.149 e. The van der Waals surface area contributed by atoms with E-state index in [0.717, 1.165) is 27.9 Å². The predicted molar refractivity (Wildman–Crippen MR) is 70.9 cm³/mol. The van der Waals surface area contributed by atoms with Gasteiger partial charge in [-0.1, -0.05) is 6.07 Å². The van der Waals surface area contributed by atoms with E-state index in [4.69, 9.17) is 5.73 Å². The first-order valence-electron chi connectivity index (χ1n) is 5.67. The second kappa shape index (κ2) is 3.80. The van der Waals surface area contributed by atoms with Crippen molar-refractivity contribution < 1.29 is 0 Å². The van der Waals surface area contributed by atoms with Gasteiger partial charge in [0.25, 0.3) is 0 Å². The van der Waals surface area contributed by atoms with E-state index in [1.54, 1.807) is 6.20 Å². The zero-order chi connectivity index (χ0) is 12.7. The molecule has 0 unspecified atom stereocenters. The minimum absolute atomic E-state index is 0.455. The fourth-order valence-corrected chi connectivity index (χ4v) is 1.97. The molecule has 2 N–H and O–H groups in total. The molecule has 0 bridgehead atoms. The standard InChI is InChI=1S/C13H13N5/c1-8-10(7-16-18(8)2)11-4-3-9-5-6-15-13(14)12(9)17-11/h3-7H,1-2H3,(H2,14,15). The van der Waals surface area contributed by atoms with Gasteiger partial charge in [-0.2, -0.15) is 5.10 Å². The highest BCUT2D eigenvalue weighted by Crippen LogP contribution is 2.24. The van der Waals surface area contributed by atoms with Crippen LogP contribution in [0.5, 0.6) is 0 Å². The molecule has 18 heavy (non-hydrogen) atoms. The second-order valence-electron chi connectivity index (χ2n) is 4.23. The van der Waals surface area contributed by atoms with E-state index in [1.165, 1.54) is 0 Å². The first-order chi connectivity index (χ1) is 8.66. The van der Waals surface area contributed by atoms with Gasteiger partial charge in [0.2, 0.25) is 0 Å². The summed E-state index contributed by atoms with van der Waals surface area (Å²) in [6.45, 7) is 2.01. The van der Waals surface area contributed by atoms with E-state index < -0.39 is 0 Å². The van der Waals surface area contributed by atoms with Crippen molar-refractivity contribution in [3.05, 3.63) is 36.3 Å². The van der Waals surface area contributed by atoms with Crippen LogP contribution in [0.3, 0.4) is 0 Å². The molecular formula is C13H13N5. The number of aryl methyl sites for hydroxylation is 1. The Labute approximate surface area is 104 Å². The molecule has 3 rings (SSSR count). The maximum atomic E-state index is 5.85. The van der Waals surface area contributed by atoms with Gasteiger partial charge in [0.15, 0.2) is 0 Å². The lowest BCUT2D eigenvalue weighted by molar-refractivity contribution is 0.740. The minimum atomic E-state index is 0.455. The van der Waals surface area contributed by atoms with Crippen molar-refractivity contribution in [2.45, 2.75) is 6.92 Å². The number of rotatable bonds is 1. The van der Waals surface area contributed by atoms with Gasteiger partial charge in [0.05, 0.1) is 11.9 Å². The van der Waals surface area contributed by atoms with Crippen molar-refractivity contribution in [1.82, 2.24) is 19.7 Å². The van der Waals surface area contributed by atoms with Crippen LogP contribution >= 0.6 is 0 Å². The Balaban J connectivity index is 2.25. The molecule has 0 aromatic carbocycles. The molecular weight excluding hydrogens is 226 g/mol. The number of fused-ring (bicyclic) bond motifs is 1. The Morgan fingerprint density at radius 2 is 2.06 bits per heavy atom. The molecule has 3 aromatic heterocycles. The van der Waals surface area contributed by atoms with Gasteiger partial charge >= 0.3 is 0 Å². The Morgan fingerprint density at radius 1 is 1.22 bits per heavy atom. The summed E-state index contributed by atoms with van der Waals surface area (Å²) in [6, 6.07) is 5.88. The highest BCUT2D eigenvalue weighted by atomic mass is 15.3. The SMILES string of the molecule is Cc1c(-c2ccc3ccnc(N)c3n2)cnn1C. The molecule has 3 heterocycles. The summed E-state index contributed by atoms with van der Waals surface area (Å²) in [5.41, 5.74) is 9.54. The quantitative estimate of drug-likeness (QED) is 0.704. The van der Waals surface area contributed by atoms with Gasteiger partial charge in [-0.05, 0) is 19.1 Å². The highest BCUT2D eigenvalue weighted by molar-refractivity contribution is 5.88. The molecule has 90 valence electrons. The van der Waals surface area contributed by atoms with Gasteiger partial charge in [0.1, 0.15) is 11.3 Å². The zero-order valence-electron chi connectivity index (χ0n) is 10.3. The summed E-state index contributed by atoms with van der Waals surface area (Å²) >= 11 is 0. The van der Waals surface area contributed by atoms with Gasteiger partial charge in [0, 0.05) is 29.9 Å². The maximum Gasteiger partial charge on any atom is 0.149 e. The maximum absolute atomic E-state index is 5.85. The summed E-state index contributed by atoms with van der Waals surface area (Å²) in [6.07, 6.45) is 3.50. The number of nitrogen functional groups attached to an aromatic ring is 1. The molecule has 5 heteroatoms. The number of aromatic nitrogens is 4. The normalized spacial score (nSPS) is 11.0. The predicted octanol–water partition coefficient (Wildman–Crippen LogP) is 1.92. The van der Waals surface area contributed by atoms with Gasteiger partial charge in [-0.3, -0.25) is 4.68 Å². The third-order valence-electron chi connectivity index (χ3n) is 3.15. The van der Waals surface area contributed by atoms with Crippen LogP contribution in [0.1, 0.15) is 5.69 Å². The first kappa shape index (κ1) is 10.7. The number of hydrogen-bond acceptors (Lipinski definition) is 4. The molecule has 0 amide bonds. The van der Waals surface area contributed by atoms with E-state index in [0.29, 0.717) is 5.82 Å². The molecule has 0 aliphatic heterocycles. The summed E-state index contributed by atoms with van der Waals surface area (Å²) in [4.78, 5) is 8.64. The van der Waals surface area contributed by atoms with E-state index in [2.05, 4.69) is 15.1 Å². The largest absolute Gasteiger partial charge is 0.382 e. The fourth-order valence-electron chi connectivity index (χ4n) is 1.97. The minimum Gasteiger partial charge on any atom is -0.382 e. The zero-order valence-corrected chi connectivity index (χ0v) is 10.3. The number of pyridine rings is 2. The van der Waals surface area contributed by atoms with Gasteiger partial charge in [-0.15, -0.1) is 0 Å². The molecule has 0 saturated heterocycles. The van der Waals surface area contributed by atoms with Crippen LogP contribution in [0, 0.1) is 6.92 Å². The van der Waals surface area contributed by atoms with E-state index in [9.17, 15) is 0 Å². The lowest BCUT2D eigenvalue weighted by Crippen LogP contribution is -1.95. The third-order valence-corrected chi connectivity index (χ3v) is 3.15. The summed E-state index contributed by atoms with van der Waals surface area (Å²) in [5.74, 6) is 0.455. The average Bonchev–Trinajstić information content (AvgIpc) is 2.70. The van der Waals surface area contributed by atoms with Crippen molar-refractivity contribution in [3.63, 3.8) is 0 Å². The van der Waals surface area contributed by atoms with Crippen molar-refractivity contribution in [2.75, 3.05) is 5.73 Å². The van der Waals surface area contributed by atoms with Crippen LogP contribution in [0.2, 0.25) is 0 Å². The molecule has 5 nitrogen and oxygen atoms in total. The molecule has 3 aromatic rings. The van der Waals surface area contributed by atoms with E-state index >= 15 is 0 Å². The second-order valence-corrected chi connectivity index (χ2v) is 4.23. The molecule has 0 radical (unpaired) electrons. The number of nitrogens with zero attached hydrogens (tertiary/aromatic N) is 4. The first-order valence-corrected chi connectivity index (χ1v) is 5.67. The highest BCUT2D eigenvalue weighted by Gasteiger charge is 2.09. The van der Waals surface area contributed by atoms with Crippen molar-refractivity contribution in [1.29, 1.82) is 0 Å². The van der Waals surface area contributed by atoms with Gasteiger partial charge in [-0.25, -0.2) is 9.97 Å². The molecule has 0 aliphatic carbocycles.